The number of halogens is 6. The molecule has 0 saturated heterocycles. The van der Waals surface area contributed by atoms with Crippen molar-refractivity contribution in [2.24, 2.45) is 0 Å². The van der Waals surface area contributed by atoms with Gasteiger partial charge in [0, 0.05) is 58.4 Å². The van der Waals surface area contributed by atoms with Crippen LogP contribution in [0.5, 0.6) is 0 Å². The van der Waals surface area contributed by atoms with E-state index in [1.807, 2.05) is 76.2 Å². The van der Waals surface area contributed by atoms with Crippen LogP contribution in [-0.2, 0) is 4.79 Å². The average Bonchev–Trinajstić information content (AvgIpc) is 1.19. The Morgan fingerprint density at radius 2 is 0.806 bits per heavy atom. The number of aryl methyl sites for hydroxylation is 4. The van der Waals surface area contributed by atoms with Crippen LogP contribution >= 0.6 is 117 Å². The number of nitrogens with two attached hydrogens (primary N) is 2. The minimum absolute atomic E-state index is 0. The van der Waals surface area contributed by atoms with Gasteiger partial charge in [-0.05, 0) is 164 Å². The van der Waals surface area contributed by atoms with Crippen molar-refractivity contribution in [2.75, 3.05) is 54.0 Å². The Balaban J connectivity index is 0.000000178. The van der Waals surface area contributed by atoms with Crippen LogP contribution in [0.15, 0.2) is 159 Å². The van der Waals surface area contributed by atoms with Crippen molar-refractivity contribution in [3.8, 4) is 0 Å². The summed E-state index contributed by atoms with van der Waals surface area (Å²) in [5.41, 5.74) is 18.6. The molecule has 0 aliphatic carbocycles. The molecule has 98 heavy (non-hydrogen) atoms. The molecule has 0 aliphatic heterocycles. The Labute approximate surface area is 605 Å². The number of carbonyl (C=O) groups excluding carboxylic acids is 1. The fraction of sp³-hybridized carbons (Fsp3) is 0.0678. The zero-order valence-electron chi connectivity index (χ0n) is 51.0. The fourth-order valence-electron chi connectivity index (χ4n) is 7.39. The van der Waals surface area contributed by atoms with Gasteiger partial charge in [0.25, 0.3) is 11.4 Å². The second kappa shape index (κ2) is 36.7. The number of amides is 1. The van der Waals surface area contributed by atoms with E-state index in [0.717, 1.165) is 48.5 Å². The van der Waals surface area contributed by atoms with E-state index in [2.05, 4.69) is 106 Å². The summed E-state index contributed by atoms with van der Waals surface area (Å²) in [7, 11) is 0. The Bertz CT molecular complexity index is 4710. The molecule has 12 N–H and O–H groups in total. The highest BCUT2D eigenvalue weighted by Crippen LogP contribution is 2.32. The lowest BCUT2D eigenvalue weighted by Crippen LogP contribution is -2.07. The quantitative estimate of drug-likeness (QED) is 0.0125. The average molecular weight is 1520 g/mol. The third-order valence-electron chi connectivity index (χ3n) is 11.5. The number of rotatable bonds is 18. The number of nitrogen functional groups attached to an aromatic ring is 2. The van der Waals surface area contributed by atoms with Gasteiger partial charge in [0.1, 0.15) is 40.1 Å². The summed E-state index contributed by atoms with van der Waals surface area (Å²) in [6.45, 7) is 11.1. The van der Waals surface area contributed by atoms with Crippen LogP contribution in [0.4, 0.5) is 107 Å². The lowest BCUT2D eigenvalue weighted by molar-refractivity contribution is -0.385. The molecule has 29 nitrogen and oxygen atoms in total. The molecule has 0 radical (unpaired) electrons. The van der Waals surface area contributed by atoms with Crippen molar-refractivity contribution in [1.82, 2.24) is 57.4 Å². The first-order valence-electron chi connectivity index (χ1n) is 27.5. The van der Waals surface area contributed by atoms with E-state index in [1.54, 1.807) is 54.7 Å². The molecule has 1 amide bonds. The summed E-state index contributed by atoms with van der Waals surface area (Å²) in [5.74, 6) is 2.48. The highest BCUT2D eigenvalue weighted by atomic mass is 35.5. The first kappa shape index (κ1) is 75.1. The molecule has 0 bridgehead atoms. The number of carbonyl (C=O) groups is 1. The topological polar surface area (TPSA) is 406 Å². The molecule has 504 valence electrons. The molecule has 39 heteroatoms. The standard InChI is InChI=1S/C17H15ClN6OS.C14H11ClN6O2S.C14H13ClN6S.C10H6Cl2N4O2.C4H6N2S.ClH/c1-3-14(25)20-11-5-4-6-12(8-11)21-16-13(18)9-19-17(23-16)22-15-7-10(2)24-26-15;1-8-5-12(24-20-8)18-14-16-7-11(15)13(19-14)17-9-3-2-4-10(6-9)21(22)23;1-8-5-12(22-21-8)19-14-17-7-11(15)13(20-14)18-10-4-2-3-9(16)6-10;11-8-5-13-10(12)15-9(8)14-6-2-1-3-7(4-6)16(17)18;1-3-2-4(5)7-6-3;/h3-9H,1H2,2H3,(H,20,25)(H2,19,21,22,23);2-7H,1H3,(H2,16,17,18,19);2-7H,16H2,1H3,(H2,17,18,19,20);1-5H,(H,13,14,15);2H,5H2,1H3;1H. The molecular weight excluding hydrogens is 1470 g/mol. The van der Waals surface area contributed by atoms with Crippen molar-refractivity contribution >= 4 is 229 Å². The highest BCUT2D eigenvalue weighted by molar-refractivity contribution is 7.11. The van der Waals surface area contributed by atoms with Crippen molar-refractivity contribution in [1.29, 1.82) is 0 Å². The minimum Gasteiger partial charge on any atom is -0.399 e. The summed E-state index contributed by atoms with van der Waals surface area (Å²) < 4.78 is 16.5. The predicted molar refractivity (Wildman–Crippen MR) is 398 cm³/mol. The van der Waals surface area contributed by atoms with E-state index in [1.165, 1.54) is 95.1 Å². The van der Waals surface area contributed by atoms with E-state index in [-0.39, 0.29) is 45.8 Å². The molecular formula is C59H52Cl6N24O5S4. The van der Waals surface area contributed by atoms with Gasteiger partial charge in [0.05, 0.1) is 57.4 Å². The lowest BCUT2D eigenvalue weighted by atomic mass is 10.2. The Morgan fingerprint density at radius 3 is 1.15 bits per heavy atom. The molecule has 8 aromatic heterocycles. The van der Waals surface area contributed by atoms with Gasteiger partial charge in [0.15, 0.2) is 23.3 Å². The number of nitro groups is 2. The molecule has 12 aromatic rings. The van der Waals surface area contributed by atoms with E-state index in [4.69, 9.17) is 69.5 Å². The van der Waals surface area contributed by atoms with Crippen LogP contribution in [0.2, 0.25) is 25.4 Å². The lowest BCUT2D eigenvalue weighted by Gasteiger charge is -2.10. The zero-order chi connectivity index (χ0) is 69.5. The van der Waals surface area contributed by atoms with Gasteiger partial charge in [0.2, 0.25) is 29.0 Å². The van der Waals surface area contributed by atoms with Gasteiger partial charge < -0.3 is 54.0 Å². The van der Waals surface area contributed by atoms with Crippen LogP contribution < -0.4 is 54.0 Å². The summed E-state index contributed by atoms with van der Waals surface area (Å²) in [6, 6.07) is 34.1. The number of anilines is 17. The monoisotopic (exact) mass is 1510 g/mol. The normalized spacial score (nSPS) is 10.1. The van der Waals surface area contributed by atoms with Gasteiger partial charge in [-0.15, -0.1) is 12.4 Å². The maximum absolute atomic E-state index is 11.4. The minimum atomic E-state index is -0.486. The third-order valence-corrected chi connectivity index (χ3v) is 15.9. The maximum Gasteiger partial charge on any atom is 0.271 e. The second-order valence-electron chi connectivity index (χ2n) is 19.3. The molecule has 12 rings (SSSR count). The number of hydrogen-bond donors (Lipinski definition) is 10. The first-order valence-corrected chi connectivity index (χ1v) is 32.5. The third kappa shape index (κ3) is 24.1. The Hall–Kier alpha value is -10.3. The van der Waals surface area contributed by atoms with Crippen molar-refractivity contribution in [3.63, 3.8) is 0 Å². The van der Waals surface area contributed by atoms with Gasteiger partial charge in [-0.25, -0.2) is 19.9 Å². The molecule has 0 unspecified atom stereocenters. The molecule has 8 heterocycles. The molecule has 0 fully saturated rings. The van der Waals surface area contributed by atoms with Crippen LogP contribution in [0.1, 0.15) is 22.8 Å². The number of nitrogens with zero attached hydrogens (tertiary/aromatic N) is 14. The van der Waals surface area contributed by atoms with E-state index >= 15 is 0 Å². The van der Waals surface area contributed by atoms with Gasteiger partial charge in [-0.1, -0.05) is 77.2 Å². The van der Waals surface area contributed by atoms with Crippen molar-refractivity contribution in [2.45, 2.75) is 27.7 Å². The predicted octanol–water partition coefficient (Wildman–Crippen LogP) is 17.7. The first-order chi connectivity index (χ1) is 46.5. The van der Waals surface area contributed by atoms with Crippen LogP contribution in [0.3, 0.4) is 0 Å². The van der Waals surface area contributed by atoms with Gasteiger partial charge >= 0.3 is 0 Å². The fourth-order valence-corrected chi connectivity index (χ4v) is 10.6. The molecule has 0 spiro atoms. The summed E-state index contributed by atoms with van der Waals surface area (Å²) in [4.78, 5) is 65.0. The summed E-state index contributed by atoms with van der Waals surface area (Å²) >= 11 is 35.2. The SMILES string of the molecule is C=CC(=O)Nc1cccc(Nc2nc(Nc3cc(C)ns3)ncc2Cl)c1.Cc1cc(N)sn1.Cc1cc(Nc2ncc(Cl)c(Nc3cccc(N)c3)n2)sn1.Cc1cc(Nc2ncc(Cl)c(Nc3cccc([N+](=O)[O-])c3)n2)sn1.Cl.O=[N+]([O-])c1cccc(Nc2nc(Cl)ncc2Cl)c1. The second-order valence-corrected chi connectivity index (χ2v) is 24.5. The van der Waals surface area contributed by atoms with E-state index < -0.39 is 9.85 Å². The number of benzene rings is 4. The van der Waals surface area contributed by atoms with E-state index in [0.29, 0.717) is 78.8 Å². The van der Waals surface area contributed by atoms with Crippen LogP contribution in [-0.4, -0.2) is 73.1 Å². The zero-order valence-corrected chi connectivity index (χ0v) is 58.9. The van der Waals surface area contributed by atoms with E-state index in [9.17, 15) is 25.0 Å². The van der Waals surface area contributed by atoms with Gasteiger partial charge in [-0.2, -0.15) is 37.4 Å². The number of non-ortho nitro benzene ring substituents is 2. The molecule has 0 aliphatic rings. The Kier molecular flexibility index (Phi) is 28.1. The number of nitrogens with one attached hydrogen (secondary N) is 8. The number of hydrogen-bond acceptors (Lipinski definition) is 30. The summed E-state index contributed by atoms with van der Waals surface area (Å²) in [5, 5.41) is 50.1. The smallest absolute Gasteiger partial charge is 0.271 e. The van der Waals surface area contributed by atoms with Gasteiger partial charge in [-0.3, -0.25) is 25.0 Å². The number of aromatic nitrogens is 12. The molecule has 4 aromatic carbocycles. The summed E-state index contributed by atoms with van der Waals surface area (Å²) in [6.07, 6.45) is 7.05. The van der Waals surface area contributed by atoms with Crippen LogP contribution in [0.25, 0.3) is 0 Å². The largest absolute Gasteiger partial charge is 0.399 e. The molecule has 0 atom stereocenters. The maximum atomic E-state index is 11.4. The van der Waals surface area contributed by atoms with Crippen molar-refractivity contribution < 1.29 is 14.6 Å². The number of nitro benzene ring substituents is 2. The van der Waals surface area contributed by atoms with Crippen LogP contribution in [0, 0.1) is 47.9 Å². The molecule has 0 saturated carbocycles. The Morgan fingerprint density at radius 1 is 0.459 bits per heavy atom. The van der Waals surface area contributed by atoms with Crippen molar-refractivity contribution in [3.05, 3.63) is 227 Å². The highest BCUT2D eigenvalue weighted by Gasteiger charge is 2.14.